The van der Waals surface area contributed by atoms with Gasteiger partial charge in [-0.15, -0.1) is 0 Å². The lowest BCUT2D eigenvalue weighted by atomic mass is 10.2. The molecule has 17 heavy (non-hydrogen) atoms. The Morgan fingerprint density at radius 2 is 2.24 bits per heavy atom. The van der Waals surface area contributed by atoms with E-state index in [1.165, 1.54) is 0 Å². The second-order valence-electron chi connectivity index (χ2n) is 4.73. The molecule has 4 nitrogen and oxygen atoms in total. The zero-order valence-corrected chi connectivity index (χ0v) is 12.0. The molecule has 2 heterocycles. The minimum atomic E-state index is 0.590. The summed E-state index contributed by atoms with van der Waals surface area (Å²) in [6, 6.07) is 4.51. The lowest BCUT2D eigenvalue weighted by Gasteiger charge is -2.37. The smallest absolute Gasteiger partial charge is 0.169 e. The quantitative estimate of drug-likeness (QED) is 0.910. The first kappa shape index (κ1) is 13.1. The van der Waals surface area contributed by atoms with Gasteiger partial charge in [-0.25, -0.2) is 0 Å². The molecule has 1 fully saturated rings. The standard InChI is InChI=1S/C12H20BrN3O/c1-15-5-6-16(2)10(9-15)7-14-8-11-3-4-12(13)17-11/h3-4,10,14H,5-9H2,1-2H3. The van der Waals surface area contributed by atoms with Crippen LogP contribution >= 0.6 is 15.9 Å². The van der Waals surface area contributed by atoms with Crippen molar-refractivity contribution in [2.45, 2.75) is 12.6 Å². The van der Waals surface area contributed by atoms with Crippen LogP contribution in [-0.2, 0) is 6.54 Å². The van der Waals surface area contributed by atoms with Gasteiger partial charge in [0.25, 0.3) is 0 Å². The van der Waals surface area contributed by atoms with Crippen molar-refractivity contribution < 1.29 is 4.42 Å². The number of rotatable bonds is 4. The molecule has 1 aromatic rings. The molecule has 1 saturated heterocycles. The van der Waals surface area contributed by atoms with Gasteiger partial charge in [0, 0.05) is 32.2 Å². The molecule has 2 rings (SSSR count). The first-order valence-corrected chi connectivity index (χ1v) is 6.78. The third-order valence-electron chi connectivity index (χ3n) is 3.29. The number of likely N-dealkylation sites (N-methyl/N-ethyl adjacent to an activating group) is 2. The molecular weight excluding hydrogens is 282 g/mol. The van der Waals surface area contributed by atoms with E-state index in [2.05, 4.69) is 45.1 Å². The number of furan rings is 1. The van der Waals surface area contributed by atoms with Gasteiger partial charge in [0.1, 0.15) is 5.76 Å². The minimum Gasteiger partial charge on any atom is -0.453 e. The van der Waals surface area contributed by atoms with Gasteiger partial charge < -0.3 is 14.6 Å². The van der Waals surface area contributed by atoms with Crippen LogP contribution in [0, 0.1) is 0 Å². The lowest BCUT2D eigenvalue weighted by molar-refractivity contribution is 0.113. The molecule has 0 saturated carbocycles. The van der Waals surface area contributed by atoms with Crippen LogP contribution in [0.25, 0.3) is 0 Å². The first-order valence-electron chi connectivity index (χ1n) is 5.99. The molecule has 0 aromatic carbocycles. The maximum atomic E-state index is 5.45. The van der Waals surface area contributed by atoms with Crippen molar-refractivity contribution >= 4 is 15.9 Å². The third kappa shape index (κ3) is 3.81. The Bertz CT molecular complexity index is 355. The SMILES string of the molecule is CN1CCN(C)C(CNCc2ccc(Br)o2)C1. The molecule has 1 atom stereocenters. The Morgan fingerprint density at radius 3 is 2.94 bits per heavy atom. The van der Waals surface area contributed by atoms with Crippen molar-refractivity contribution in [3.8, 4) is 0 Å². The highest BCUT2D eigenvalue weighted by Crippen LogP contribution is 2.13. The average Bonchev–Trinajstić information content (AvgIpc) is 2.69. The number of nitrogens with one attached hydrogen (secondary N) is 1. The van der Waals surface area contributed by atoms with Gasteiger partial charge in [0.2, 0.25) is 0 Å². The fourth-order valence-corrected chi connectivity index (χ4v) is 2.47. The zero-order valence-electron chi connectivity index (χ0n) is 10.4. The summed E-state index contributed by atoms with van der Waals surface area (Å²) in [4.78, 5) is 4.81. The van der Waals surface area contributed by atoms with E-state index in [0.717, 1.165) is 43.2 Å². The summed E-state index contributed by atoms with van der Waals surface area (Å²) >= 11 is 3.31. The predicted molar refractivity (Wildman–Crippen MR) is 72.0 cm³/mol. The maximum Gasteiger partial charge on any atom is 0.169 e. The van der Waals surface area contributed by atoms with Gasteiger partial charge in [-0.1, -0.05) is 0 Å². The number of hydrogen-bond acceptors (Lipinski definition) is 4. The summed E-state index contributed by atoms with van der Waals surface area (Å²) in [5.41, 5.74) is 0. The molecule has 0 spiro atoms. The van der Waals surface area contributed by atoms with Gasteiger partial charge in [0.15, 0.2) is 4.67 Å². The highest BCUT2D eigenvalue weighted by molar-refractivity contribution is 9.10. The largest absolute Gasteiger partial charge is 0.453 e. The van der Waals surface area contributed by atoms with Gasteiger partial charge in [-0.3, -0.25) is 4.90 Å². The van der Waals surface area contributed by atoms with Gasteiger partial charge >= 0.3 is 0 Å². The van der Waals surface area contributed by atoms with Crippen LogP contribution in [0.3, 0.4) is 0 Å². The molecule has 1 aromatic heterocycles. The molecule has 1 aliphatic heterocycles. The molecule has 5 heteroatoms. The number of hydrogen-bond donors (Lipinski definition) is 1. The Kier molecular flexibility index (Phi) is 4.62. The van der Waals surface area contributed by atoms with Gasteiger partial charge in [-0.05, 0) is 42.2 Å². The van der Waals surface area contributed by atoms with Crippen LogP contribution in [0.2, 0.25) is 0 Å². The molecule has 0 radical (unpaired) electrons. The minimum absolute atomic E-state index is 0.590. The predicted octanol–water partition coefficient (Wildman–Crippen LogP) is 1.38. The summed E-state index contributed by atoms with van der Waals surface area (Å²) in [5, 5.41) is 3.45. The molecule has 1 aliphatic rings. The van der Waals surface area contributed by atoms with Crippen LogP contribution in [-0.4, -0.2) is 56.1 Å². The summed E-state index contributed by atoms with van der Waals surface area (Å²) in [7, 11) is 4.38. The highest BCUT2D eigenvalue weighted by atomic mass is 79.9. The van der Waals surface area contributed by atoms with E-state index in [-0.39, 0.29) is 0 Å². The molecule has 0 aliphatic carbocycles. The van der Waals surface area contributed by atoms with Crippen molar-refractivity contribution in [2.75, 3.05) is 40.3 Å². The Morgan fingerprint density at radius 1 is 1.41 bits per heavy atom. The van der Waals surface area contributed by atoms with E-state index in [1.807, 2.05) is 12.1 Å². The van der Waals surface area contributed by atoms with Crippen LogP contribution < -0.4 is 5.32 Å². The van der Waals surface area contributed by atoms with Crippen molar-refractivity contribution in [1.29, 1.82) is 0 Å². The van der Waals surface area contributed by atoms with Crippen molar-refractivity contribution in [1.82, 2.24) is 15.1 Å². The topological polar surface area (TPSA) is 31.6 Å². The molecular formula is C12H20BrN3O. The fraction of sp³-hybridized carbons (Fsp3) is 0.667. The number of piperazine rings is 1. The fourth-order valence-electron chi connectivity index (χ4n) is 2.13. The monoisotopic (exact) mass is 301 g/mol. The van der Waals surface area contributed by atoms with E-state index < -0.39 is 0 Å². The molecule has 0 amide bonds. The Labute approximate surface area is 111 Å². The molecule has 0 bridgehead atoms. The average molecular weight is 302 g/mol. The second kappa shape index (κ2) is 6.00. The maximum absolute atomic E-state index is 5.45. The Balaban J connectivity index is 1.74. The normalized spacial score (nSPS) is 23.1. The highest BCUT2D eigenvalue weighted by Gasteiger charge is 2.21. The van der Waals surface area contributed by atoms with Crippen molar-refractivity contribution in [3.63, 3.8) is 0 Å². The molecule has 1 N–H and O–H groups in total. The summed E-state index contributed by atoms with van der Waals surface area (Å²) < 4.78 is 6.25. The third-order valence-corrected chi connectivity index (χ3v) is 3.71. The summed E-state index contributed by atoms with van der Waals surface area (Å²) in [6.07, 6.45) is 0. The van der Waals surface area contributed by atoms with Gasteiger partial charge in [-0.2, -0.15) is 0 Å². The number of nitrogens with zero attached hydrogens (tertiary/aromatic N) is 2. The van der Waals surface area contributed by atoms with E-state index in [0.29, 0.717) is 6.04 Å². The Hall–Kier alpha value is -0.360. The second-order valence-corrected chi connectivity index (χ2v) is 5.51. The lowest BCUT2D eigenvalue weighted by Crippen LogP contribution is -2.53. The van der Waals surface area contributed by atoms with Crippen molar-refractivity contribution in [3.05, 3.63) is 22.6 Å². The summed E-state index contributed by atoms with van der Waals surface area (Å²) in [6.45, 7) is 5.23. The van der Waals surface area contributed by atoms with E-state index in [9.17, 15) is 0 Å². The van der Waals surface area contributed by atoms with Crippen LogP contribution in [0.5, 0.6) is 0 Å². The molecule has 96 valence electrons. The summed E-state index contributed by atoms with van der Waals surface area (Å²) in [5.74, 6) is 0.976. The van der Waals surface area contributed by atoms with E-state index >= 15 is 0 Å². The van der Waals surface area contributed by atoms with E-state index in [4.69, 9.17) is 4.42 Å². The van der Waals surface area contributed by atoms with Crippen LogP contribution in [0.1, 0.15) is 5.76 Å². The van der Waals surface area contributed by atoms with E-state index in [1.54, 1.807) is 0 Å². The van der Waals surface area contributed by atoms with Crippen molar-refractivity contribution in [2.24, 2.45) is 0 Å². The van der Waals surface area contributed by atoms with Crippen LogP contribution in [0.4, 0.5) is 0 Å². The molecule has 1 unspecified atom stereocenters. The number of halogens is 1. The first-order chi connectivity index (χ1) is 8.15. The van der Waals surface area contributed by atoms with Crippen LogP contribution in [0.15, 0.2) is 21.2 Å². The zero-order chi connectivity index (χ0) is 12.3. The van der Waals surface area contributed by atoms with Gasteiger partial charge in [0.05, 0.1) is 6.54 Å².